The zero-order chi connectivity index (χ0) is 17.9. The second-order valence-electron chi connectivity index (χ2n) is 4.86. The van der Waals surface area contributed by atoms with Gasteiger partial charge in [0.15, 0.2) is 0 Å². The van der Waals surface area contributed by atoms with Gasteiger partial charge in [-0.3, -0.25) is 10.2 Å². The van der Waals surface area contributed by atoms with E-state index in [9.17, 15) is 17.6 Å². The predicted molar refractivity (Wildman–Crippen MR) is 85.5 cm³/mol. The number of benzene rings is 2. The summed E-state index contributed by atoms with van der Waals surface area (Å²) in [6.07, 6.45) is 2.86. The second-order valence-corrected chi connectivity index (χ2v) is 6.54. The van der Waals surface area contributed by atoms with Crippen LogP contribution >= 0.6 is 0 Å². The van der Waals surface area contributed by atoms with Gasteiger partial charge in [0.1, 0.15) is 5.82 Å². The lowest BCUT2D eigenvalue weighted by Crippen LogP contribution is -2.41. The van der Waals surface area contributed by atoms with Crippen LogP contribution in [0.15, 0.2) is 65.8 Å². The summed E-state index contributed by atoms with van der Waals surface area (Å²) < 4.78 is 38.0. The van der Waals surface area contributed by atoms with Gasteiger partial charge >= 0.3 is 0 Å². The molecule has 3 rings (SSSR count). The minimum absolute atomic E-state index is 0.0368. The molecule has 0 fully saturated rings. The maximum atomic E-state index is 13.9. The average Bonchev–Trinajstić information content (AvgIpc) is 3.15. The van der Waals surface area contributed by atoms with E-state index in [1.54, 1.807) is 6.07 Å². The molecule has 1 amide bonds. The SMILES string of the molecule is O=C(NNS(=O)(=O)c1ccccc1)c1cc(-n2nccn2)ccc1F. The van der Waals surface area contributed by atoms with Crippen molar-refractivity contribution in [3.05, 3.63) is 72.3 Å². The summed E-state index contributed by atoms with van der Waals surface area (Å²) in [6.45, 7) is 0. The third-order valence-electron chi connectivity index (χ3n) is 3.20. The van der Waals surface area contributed by atoms with Crippen LogP contribution in [-0.2, 0) is 10.0 Å². The zero-order valence-corrected chi connectivity index (χ0v) is 13.4. The number of hydrazine groups is 1. The highest BCUT2D eigenvalue weighted by Gasteiger charge is 2.18. The number of nitrogens with zero attached hydrogens (tertiary/aromatic N) is 3. The predicted octanol–water partition coefficient (Wildman–Crippen LogP) is 1.03. The van der Waals surface area contributed by atoms with Crippen LogP contribution in [0.2, 0.25) is 0 Å². The van der Waals surface area contributed by atoms with E-state index < -0.39 is 21.7 Å². The Balaban J connectivity index is 1.79. The Kier molecular flexibility index (Phi) is 4.55. The normalized spacial score (nSPS) is 11.2. The third kappa shape index (κ3) is 3.70. The van der Waals surface area contributed by atoms with Crippen molar-refractivity contribution in [2.75, 3.05) is 0 Å². The molecule has 0 unspecified atom stereocenters. The standard InChI is InChI=1S/C15H12FN5O3S/c16-14-7-6-11(21-17-8-9-18-21)10-13(14)15(22)19-20-25(23,24)12-4-2-1-3-5-12/h1-10,20H,(H,19,22). The second kappa shape index (κ2) is 6.79. The van der Waals surface area contributed by atoms with Crippen LogP contribution in [0, 0.1) is 5.82 Å². The van der Waals surface area contributed by atoms with Crippen molar-refractivity contribution < 1.29 is 17.6 Å². The summed E-state index contributed by atoms with van der Waals surface area (Å²) >= 11 is 0. The average molecular weight is 361 g/mol. The number of carbonyl (C=O) groups is 1. The maximum absolute atomic E-state index is 13.9. The van der Waals surface area contributed by atoms with E-state index in [0.29, 0.717) is 5.69 Å². The molecule has 0 aliphatic carbocycles. The van der Waals surface area contributed by atoms with Crippen LogP contribution in [0.4, 0.5) is 4.39 Å². The molecule has 25 heavy (non-hydrogen) atoms. The van der Waals surface area contributed by atoms with E-state index in [0.717, 1.165) is 6.07 Å². The molecule has 0 aliphatic heterocycles. The van der Waals surface area contributed by atoms with Crippen molar-refractivity contribution in [3.8, 4) is 5.69 Å². The Morgan fingerprint density at radius 3 is 2.40 bits per heavy atom. The van der Waals surface area contributed by atoms with E-state index in [4.69, 9.17) is 0 Å². The van der Waals surface area contributed by atoms with Gasteiger partial charge in [-0.2, -0.15) is 15.0 Å². The number of carbonyl (C=O) groups excluding carboxylic acids is 1. The fraction of sp³-hybridized carbons (Fsp3) is 0. The number of nitrogens with one attached hydrogen (secondary N) is 2. The molecule has 3 aromatic rings. The number of halogens is 1. The molecular formula is C15H12FN5O3S. The highest BCUT2D eigenvalue weighted by Crippen LogP contribution is 2.13. The van der Waals surface area contributed by atoms with Gasteiger partial charge in [0, 0.05) is 0 Å². The third-order valence-corrected chi connectivity index (χ3v) is 4.46. The van der Waals surface area contributed by atoms with E-state index in [1.165, 1.54) is 53.6 Å². The Labute approximate surface area is 142 Å². The summed E-state index contributed by atoms with van der Waals surface area (Å²) in [6, 6.07) is 11.1. The van der Waals surface area contributed by atoms with Gasteiger partial charge in [0.2, 0.25) is 0 Å². The minimum Gasteiger partial charge on any atom is -0.273 e. The molecule has 0 radical (unpaired) electrons. The molecule has 1 aromatic heterocycles. The van der Waals surface area contributed by atoms with Gasteiger partial charge < -0.3 is 0 Å². The van der Waals surface area contributed by atoms with E-state index >= 15 is 0 Å². The van der Waals surface area contributed by atoms with Crippen molar-refractivity contribution in [1.82, 2.24) is 25.3 Å². The molecule has 10 heteroatoms. The van der Waals surface area contributed by atoms with Crippen molar-refractivity contribution in [2.45, 2.75) is 4.90 Å². The van der Waals surface area contributed by atoms with Crippen molar-refractivity contribution in [2.24, 2.45) is 0 Å². The summed E-state index contributed by atoms with van der Waals surface area (Å²) in [5, 5.41) is 7.76. The lowest BCUT2D eigenvalue weighted by Gasteiger charge is -2.10. The zero-order valence-electron chi connectivity index (χ0n) is 12.6. The summed E-state index contributed by atoms with van der Waals surface area (Å²) in [4.78, 5) is 15.2. The van der Waals surface area contributed by atoms with Crippen LogP contribution in [-0.4, -0.2) is 29.3 Å². The van der Waals surface area contributed by atoms with Crippen LogP contribution < -0.4 is 10.3 Å². The first kappa shape index (κ1) is 16.7. The smallest absolute Gasteiger partial charge is 0.269 e. The van der Waals surface area contributed by atoms with Crippen LogP contribution in [0.1, 0.15) is 10.4 Å². The number of aromatic nitrogens is 3. The molecule has 2 aromatic carbocycles. The van der Waals surface area contributed by atoms with Gasteiger partial charge in [-0.15, -0.1) is 4.83 Å². The molecule has 0 spiro atoms. The number of amides is 1. The fourth-order valence-electron chi connectivity index (χ4n) is 2.00. The summed E-state index contributed by atoms with van der Waals surface area (Å²) in [7, 11) is -3.96. The van der Waals surface area contributed by atoms with Gasteiger partial charge in [0.05, 0.1) is 28.5 Å². The Morgan fingerprint density at radius 1 is 1.04 bits per heavy atom. The monoisotopic (exact) mass is 361 g/mol. The Morgan fingerprint density at radius 2 is 1.72 bits per heavy atom. The molecule has 0 saturated heterocycles. The highest BCUT2D eigenvalue weighted by atomic mass is 32.2. The first-order chi connectivity index (χ1) is 12.0. The summed E-state index contributed by atoms with van der Waals surface area (Å²) in [5.74, 6) is -1.77. The topological polar surface area (TPSA) is 106 Å². The fourth-order valence-corrected chi connectivity index (χ4v) is 2.86. The van der Waals surface area contributed by atoms with Crippen LogP contribution in [0.3, 0.4) is 0 Å². The molecule has 8 nitrogen and oxygen atoms in total. The maximum Gasteiger partial charge on any atom is 0.269 e. The lowest BCUT2D eigenvalue weighted by atomic mass is 10.2. The number of rotatable bonds is 5. The van der Waals surface area contributed by atoms with Gasteiger partial charge in [-0.1, -0.05) is 18.2 Å². The Hall–Kier alpha value is -3.11. The number of hydrogen-bond donors (Lipinski definition) is 2. The first-order valence-electron chi connectivity index (χ1n) is 7.01. The largest absolute Gasteiger partial charge is 0.273 e. The minimum atomic E-state index is -3.96. The first-order valence-corrected chi connectivity index (χ1v) is 8.49. The van der Waals surface area contributed by atoms with Gasteiger partial charge in [-0.25, -0.2) is 12.8 Å². The highest BCUT2D eigenvalue weighted by molar-refractivity contribution is 7.89. The molecule has 0 saturated carbocycles. The van der Waals surface area contributed by atoms with Crippen molar-refractivity contribution in [1.29, 1.82) is 0 Å². The van der Waals surface area contributed by atoms with Gasteiger partial charge in [-0.05, 0) is 30.3 Å². The van der Waals surface area contributed by atoms with Crippen molar-refractivity contribution >= 4 is 15.9 Å². The molecular weight excluding hydrogens is 349 g/mol. The number of sulfonamides is 1. The lowest BCUT2D eigenvalue weighted by molar-refractivity contribution is 0.0941. The molecule has 0 aliphatic rings. The molecule has 2 N–H and O–H groups in total. The molecule has 0 atom stereocenters. The van der Waals surface area contributed by atoms with E-state index in [-0.39, 0.29) is 10.5 Å². The van der Waals surface area contributed by atoms with E-state index in [1.807, 2.05) is 10.3 Å². The molecule has 1 heterocycles. The molecule has 128 valence electrons. The molecule has 0 bridgehead atoms. The number of hydrogen-bond acceptors (Lipinski definition) is 5. The van der Waals surface area contributed by atoms with Gasteiger partial charge in [0.25, 0.3) is 15.9 Å². The Bertz CT molecular complexity index is 991. The quantitative estimate of drug-likeness (QED) is 0.660. The van der Waals surface area contributed by atoms with Crippen LogP contribution in [0.25, 0.3) is 5.69 Å². The van der Waals surface area contributed by atoms with Crippen molar-refractivity contribution in [3.63, 3.8) is 0 Å². The van der Waals surface area contributed by atoms with E-state index in [2.05, 4.69) is 10.2 Å². The van der Waals surface area contributed by atoms with Crippen LogP contribution in [0.5, 0.6) is 0 Å². The summed E-state index contributed by atoms with van der Waals surface area (Å²) in [5.41, 5.74) is 1.98.